The molecule has 0 unspecified atom stereocenters. The van der Waals surface area contributed by atoms with Crippen LogP contribution in [0.4, 0.5) is 11.4 Å². The lowest BCUT2D eigenvalue weighted by Gasteiger charge is -2.36. The van der Waals surface area contributed by atoms with E-state index in [-0.39, 0.29) is 11.5 Å². The Hall–Kier alpha value is -4.04. The number of phenols is 1. The van der Waals surface area contributed by atoms with Crippen molar-refractivity contribution in [3.05, 3.63) is 65.7 Å². The number of fused-ring (bicyclic) bond motifs is 2. The van der Waals surface area contributed by atoms with Crippen molar-refractivity contribution in [2.24, 2.45) is 0 Å². The highest BCUT2D eigenvalue weighted by Crippen LogP contribution is 2.45. The van der Waals surface area contributed by atoms with Crippen LogP contribution in [0, 0.1) is 0 Å². The van der Waals surface area contributed by atoms with E-state index in [2.05, 4.69) is 26.3 Å². The molecular formula is C28H28N4O4. The van der Waals surface area contributed by atoms with Crippen LogP contribution in [0.2, 0.25) is 0 Å². The highest BCUT2D eigenvalue weighted by atomic mass is 16.5. The Morgan fingerprint density at radius 2 is 1.81 bits per heavy atom. The number of aromatic nitrogens is 1. The van der Waals surface area contributed by atoms with Crippen molar-refractivity contribution in [2.45, 2.75) is 6.92 Å². The van der Waals surface area contributed by atoms with Crippen LogP contribution in [0.25, 0.3) is 22.2 Å². The van der Waals surface area contributed by atoms with Gasteiger partial charge in [0.15, 0.2) is 11.5 Å². The van der Waals surface area contributed by atoms with Gasteiger partial charge in [0, 0.05) is 56.1 Å². The molecule has 8 heteroatoms. The van der Waals surface area contributed by atoms with Crippen LogP contribution in [0.3, 0.4) is 0 Å². The summed E-state index contributed by atoms with van der Waals surface area (Å²) in [5.74, 6) is 1.66. The molecule has 0 bridgehead atoms. The number of anilines is 2. The summed E-state index contributed by atoms with van der Waals surface area (Å²) in [7, 11) is 0. The minimum absolute atomic E-state index is 0.00671. The number of carbonyl (C=O) groups is 1. The average molecular weight is 485 g/mol. The Bertz CT molecular complexity index is 1420. The maximum absolute atomic E-state index is 13.5. The lowest BCUT2D eigenvalue weighted by Crippen LogP contribution is -2.47. The molecule has 2 N–H and O–H groups in total. The number of rotatable bonds is 7. The number of aromatic hydroxyl groups is 1. The first kappa shape index (κ1) is 22.4. The Kier molecular flexibility index (Phi) is 5.73. The molecule has 6 rings (SSSR count). The largest absolute Gasteiger partial charge is 0.508 e. The van der Waals surface area contributed by atoms with Crippen molar-refractivity contribution in [1.82, 2.24) is 10.1 Å². The van der Waals surface area contributed by atoms with E-state index in [4.69, 9.17) is 9.26 Å². The van der Waals surface area contributed by atoms with E-state index in [1.165, 1.54) is 0 Å². The molecule has 1 aliphatic heterocycles. The average Bonchev–Trinajstić information content (AvgIpc) is 3.35. The van der Waals surface area contributed by atoms with Crippen molar-refractivity contribution < 1.29 is 19.2 Å². The number of ether oxygens (including phenoxy) is 1. The summed E-state index contributed by atoms with van der Waals surface area (Å²) in [6.45, 7) is 7.62. The van der Waals surface area contributed by atoms with Crippen LogP contribution in [-0.4, -0.2) is 66.8 Å². The lowest BCUT2D eigenvalue weighted by molar-refractivity contribution is 0.104. The molecule has 0 radical (unpaired) electrons. The topological polar surface area (TPSA) is 91.1 Å². The summed E-state index contributed by atoms with van der Waals surface area (Å²) >= 11 is 0. The van der Waals surface area contributed by atoms with Gasteiger partial charge in [0.25, 0.3) is 0 Å². The molecule has 36 heavy (non-hydrogen) atoms. The van der Waals surface area contributed by atoms with Crippen molar-refractivity contribution in [2.75, 3.05) is 56.1 Å². The molecule has 2 heterocycles. The van der Waals surface area contributed by atoms with Crippen LogP contribution < -0.4 is 15.0 Å². The number of carbonyl (C=O) groups excluding carboxylic acids is 1. The molecule has 0 spiro atoms. The van der Waals surface area contributed by atoms with E-state index >= 15 is 0 Å². The number of hydrogen-bond donors (Lipinski definition) is 2. The third-order valence-electron chi connectivity index (χ3n) is 6.97. The van der Waals surface area contributed by atoms with E-state index in [1.807, 2.05) is 31.2 Å². The Morgan fingerprint density at radius 1 is 1.06 bits per heavy atom. The summed E-state index contributed by atoms with van der Waals surface area (Å²) in [6, 6.07) is 16.4. The van der Waals surface area contributed by atoms with E-state index in [9.17, 15) is 9.90 Å². The molecule has 1 saturated heterocycles. The van der Waals surface area contributed by atoms with Gasteiger partial charge in [-0.15, -0.1) is 0 Å². The molecule has 8 nitrogen and oxygen atoms in total. The summed E-state index contributed by atoms with van der Waals surface area (Å²) in [5, 5.41) is 18.1. The molecule has 0 saturated carbocycles. The first-order chi connectivity index (χ1) is 17.6. The zero-order valence-corrected chi connectivity index (χ0v) is 20.2. The van der Waals surface area contributed by atoms with Crippen molar-refractivity contribution in [3.8, 4) is 22.8 Å². The summed E-state index contributed by atoms with van der Waals surface area (Å²) in [6.07, 6.45) is 0. The van der Waals surface area contributed by atoms with E-state index in [0.717, 1.165) is 66.3 Å². The molecule has 3 aromatic carbocycles. The number of piperazine rings is 1. The predicted molar refractivity (Wildman–Crippen MR) is 139 cm³/mol. The number of nitrogens with zero attached hydrogens (tertiary/aromatic N) is 3. The maximum Gasteiger partial charge on any atom is 0.196 e. The molecule has 4 aromatic rings. The van der Waals surface area contributed by atoms with E-state index in [1.54, 1.807) is 24.3 Å². The highest BCUT2D eigenvalue weighted by Gasteiger charge is 2.34. The molecule has 0 amide bonds. The zero-order chi connectivity index (χ0) is 24.6. The van der Waals surface area contributed by atoms with Crippen LogP contribution in [0.15, 0.2) is 59.1 Å². The molecule has 184 valence electrons. The second-order valence-corrected chi connectivity index (χ2v) is 9.13. The Morgan fingerprint density at radius 3 is 2.56 bits per heavy atom. The van der Waals surface area contributed by atoms with Crippen LogP contribution in [0.1, 0.15) is 22.8 Å². The normalized spacial score (nSPS) is 15.2. The van der Waals surface area contributed by atoms with Gasteiger partial charge in [0.1, 0.15) is 23.6 Å². The van der Waals surface area contributed by atoms with Gasteiger partial charge >= 0.3 is 0 Å². The first-order valence-corrected chi connectivity index (χ1v) is 12.4. The summed E-state index contributed by atoms with van der Waals surface area (Å²) in [5.41, 5.74) is 4.67. The van der Waals surface area contributed by atoms with Crippen LogP contribution >= 0.6 is 0 Å². The van der Waals surface area contributed by atoms with E-state index in [0.29, 0.717) is 30.0 Å². The third-order valence-corrected chi connectivity index (χ3v) is 6.97. The third kappa shape index (κ3) is 3.83. The van der Waals surface area contributed by atoms with Gasteiger partial charge in [0.2, 0.25) is 0 Å². The number of ketones is 1. The van der Waals surface area contributed by atoms with E-state index < -0.39 is 0 Å². The minimum Gasteiger partial charge on any atom is -0.508 e. The smallest absolute Gasteiger partial charge is 0.196 e. The van der Waals surface area contributed by atoms with Gasteiger partial charge in [-0.25, -0.2) is 0 Å². The van der Waals surface area contributed by atoms with Crippen molar-refractivity contribution in [3.63, 3.8) is 0 Å². The highest BCUT2D eigenvalue weighted by molar-refractivity contribution is 6.28. The van der Waals surface area contributed by atoms with Crippen LogP contribution in [-0.2, 0) is 0 Å². The second-order valence-electron chi connectivity index (χ2n) is 9.13. The standard InChI is InChI=1S/C28H28N4O4/c1-2-29-22-17-23(26-25-24(22)27(34)20-5-3-4-6-21(20)28(25)36-30-26)32-13-11-31(12-14-32)15-16-35-19-9-7-18(33)8-10-19/h3-10,17,29,33H,2,11-16H2,1H3. The fraction of sp³-hybridized carbons (Fsp3) is 0.286. The van der Waals surface area contributed by atoms with Gasteiger partial charge in [-0.3, -0.25) is 9.69 Å². The first-order valence-electron chi connectivity index (χ1n) is 12.4. The van der Waals surface area contributed by atoms with Gasteiger partial charge < -0.3 is 24.6 Å². The lowest BCUT2D eigenvalue weighted by atomic mass is 9.86. The second kappa shape index (κ2) is 9.20. The molecule has 0 atom stereocenters. The summed E-state index contributed by atoms with van der Waals surface area (Å²) < 4.78 is 11.7. The molecule has 2 aliphatic rings. The molecule has 1 aromatic heterocycles. The van der Waals surface area contributed by atoms with Gasteiger partial charge in [-0.2, -0.15) is 0 Å². The fourth-order valence-electron chi connectivity index (χ4n) is 5.16. The predicted octanol–water partition coefficient (Wildman–Crippen LogP) is 4.38. The van der Waals surface area contributed by atoms with Gasteiger partial charge in [-0.1, -0.05) is 29.4 Å². The summed E-state index contributed by atoms with van der Waals surface area (Å²) in [4.78, 5) is 18.2. The molecule has 1 aliphatic carbocycles. The molecular weight excluding hydrogens is 456 g/mol. The number of benzene rings is 3. The zero-order valence-electron chi connectivity index (χ0n) is 20.2. The van der Waals surface area contributed by atoms with Crippen molar-refractivity contribution >= 4 is 28.1 Å². The number of hydrogen-bond acceptors (Lipinski definition) is 8. The number of nitrogens with one attached hydrogen (secondary N) is 1. The SMILES string of the molecule is CCNc1cc(N2CCN(CCOc3ccc(O)cc3)CC2)c2noc3c2c1C(=O)c1ccccc1-3. The quantitative estimate of drug-likeness (QED) is 0.352. The Labute approximate surface area is 209 Å². The monoisotopic (exact) mass is 484 g/mol. The van der Waals surface area contributed by atoms with Gasteiger partial charge in [-0.05, 0) is 37.3 Å². The minimum atomic E-state index is 0.00671. The van der Waals surface area contributed by atoms with Crippen LogP contribution in [0.5, 0.6) is 11.5 Å². The fourth-order valence-corrected chi connectivity index (χ4v) is 5.16. The van der Waals surface area contributed by atoms with Gasteiger partial charge in [0.05, 0.1) is 16.6 Å². The number of phenolic OH excluding ortho intramolecular Hbond substituents is 1. The Balaban J connectivity index is 1.23. The van der Waals surface area contributed by atoms with Crippen molar-refractivity contribution in [1.29, 1.82) is 0 Å². The molecule has 1 fully saturated rings. The maximum atomic E-state index is 13.5.